The van der Waals surface area contributed by atoms with Crippen LogP contribution in [0.25, 0.3) is 16.7 Å². The zero-order valence-electron chi connectivity index (χ0n) is 15.2. The van der Waals surface area contributed by atoms with E-state index in [1.807, 2.05) is 19.9 Å². The van der Waals surface area contributed by atoms with Gasteiger partial charge in [-0.25, -0.2) is 4.98 Å². The molecule has 9 heteroatoms. The van der Waals surface area contributed by atoms with Crippen molar-refractivity contribution in [3.8, 4) is 17.2 Å². The number of methoxy groups -OCH3 is 2. The van der Waals surface area contributed by atoms with Crippen LogP contribution in [0.4, 0.5) is 5.82 Å². The summed E-state index contributed by atoms with van der Waals surface area (Å²) in [5.41, 5.74) is 15.1. The van der Waals surface area contributed by atoms with Gasteiger partial charge in [0, 0.05) is 17.1 Å². The molecule has 0 spiro atoms. The first kappa shape index (κ1) is 19.5. The Kier molecular flexibility index (Phi) is 5.09. The molecule has 27 heavy (non-hydrogen) atoms. The quantitative estimate of drug-likeness (QED) is 0.569. The van der Waals surface area contributed by atoms with Crippen LogP contribution in [0.15, 0.2) is 21.1 Å². The SMILES string of the molecule is COc1cc(OC)c(Br)c(-n2c(N)c(C(N)=O)c3cc(C)c(C)nc32)c1Br. The summed E-state index contributed by atoms with van der Waals surface area (Å²) in [6, 6.07) is 3.60. The minimum Gasteiger partial charge on any atom is -0.495 e. The van der Waals surface area contributed by atoms with Gasteiger partial charge in [-0.15, -0.1) is 0 Å². The Morgan fingerprint density at radius 3 is 2.15 bits per heavy atom. The lowest BCUT2D eigenvalue weighted by molar-refractivity contribution is 0.100. The van der Waals surface area contributed by atoms with Crippen molar-refractivity contribution in [2.45, 2.75) is 13.8 Å². The predicted octanol–water partition coefficient (Wildman–Crippen LogP) is 3.87. The summed E-state index contributed by atoms with van der Waals surface area (Å²) in [4.78, 5) is 16.8. The Bertz CT molecular complexity index is 1060. The Hall–Kier alpha value is -2.26. The maximum Gasteiger partial charge on any atom is 0.253 e. The number of anilines is 1. The van der Waals surface area contributed by atoms with Crippen molar-refractivity contribution in [3.63, 3.8) is 0 Å². The van der Waals surface area contributed by atoms with Crippen LogP contribution >= 0.6 is 31.9 Å². The molecule has 7 nitrogen and oxygen atoms in total. The lowest BCUT2D eigenvalue weighted by atomic mass is 10.1. The van der Waals surface area contributed by atoms with Gasteiger partial charge in [0.25, 0.3) is 5.91 Å². The number of nitrogen functional groups attached to an aromatic ring is 1. The standard InChI is InChI=1S/C18H18Br2N4O3/c1-7-5-9-12(17(22)25)16(21)24(18(9)23-8(7)2)15-13(19)10(26-3)6-11(27-4)14(15)20/h5-6H,21H2,1-4H3,(H2,22,25). The van der Waals surface area contributed by atoms with Gasteiger partial charge >= 0.3 is 0 Å². The van der Waals surface area contributed by atoms with E-state index >= 15 is 0 Å². The van der Waals surface area contributed by atoms with E-state index in [0.717, 1.165) is 11.3 Å². The van der Waals surface area contributed by atoms with E-state index in [2.05, 4.69) is 36.8 Å². The second-order valence-electron chi connectivity index (χ2n) is 5.98. The molecule has 2 heterocycles. The topological polar surface area (TPSA) is 105 Å². The van der Waals surface area contributed by atoms with Crippen molar-refractivity contribution in [3.05, 3.63) is 37.9 Å². The number of benzene rings is 1. The minimum atomic E-state index is -0.622. The van der Waals surface area contributed by atoms with E-state index in [9.17, 15) is 4.79 Å². The number of hydrogen-bond acceptors (Lipinski definition) is 5. The number of halogens is 2. The van der Waals surface area contributed by atoms with Crippen molar-refractivity contribution >= 4 is 54.6 Å². The molecular weight excluding hydrogens is 480 g/mol. The Labute approximate surface area is 172 Å². The summed E-state index contributed by atoms with van der Waals surface area (Å²) in [5.74, 6) is 0.640. The molecule has 4 N–H and O–H groups in total. The maximum atomic E-state index is 12.1. The van der Waals surface area contributed by atoms with E-state index in [1.165, 1.54) is 0 Å². The molecule has 0 atom stereocenters. The smallest absolute Gasteiger partial charge is 0.253 e. The summed E-state index contributed by atoms with van der Waals surface area (Å²) < 4.78 is 13.8. The molecule has 142 valence electrons. The number of rotatable bonds is 4. The summed E-state index contributed by atoms with van der Waals surface area (Å²) >= 11 is 7.12. The summed E-state index contributed by atoms with van der Waals surface area (Å²) in [6.45, 7) is 3.81. The van der Waals surface area contributed by atoms with Gasteiger partial charge in [0.1, 0.15) is 23.0 Å². The third kappa shape index (κ3) is 2.94. The Morgan fingerprint density at radius 2 is 1.67 bits per heavy atom. The molecule has 0 aliphatic carbocycles. The number of pyridine rings is 1. The molecule has 0 fully saturated rings. The van der Waals surface area contributed by atoms with Crippen LogP contribution < -0.4 is 20.9 Å². The first-order chi connectivity index (χ1) is 12.7. The Balaban J connectivity index is 2.55. The molecule has 2 aromatic heterocycles. The zero-order chi connectivity index (χ0) is 20.0. The van der Waals surface area contributed by atoms with Crippen LogP contribution in [-0.2, 0) is 0 Å². The van der Waals surface area contributed by atoms with E-state index in [1.54, 1.807) is 24.9 Å². The number of carbonyl (C=O) groups excluding carboxylic acids is 1. The van der Waals surface area contributed by atoms with Crippen LogP contribution in [0, 0.1) is 13.8 Å². The molecule has 3 aromatic rings. The number of amides is 1. The number of aromatic nitrogens is 2. The number of primary amides is 1. The van der Waals surface area contributed by atoms with Gasteiger partial charge in [-0.3, -0.25) is 9.36 Å². The van der Waals surface area contributed by atoms with Gasteiger partial charge in [-0.1, -0.05) is 0 Å². The third-order valence-corrected chi connectivity index (χ3v) is 5.98. The predicted molar refractivity (Wildman–Crippen MR) is 112 cm³/mol. The summed E-state index contributed by atoms with van der Waals surface area (Å²) in [6.07, 6.45) is 0. The lowest BCUT2D eigenvalue weighted by Gasteiger charge is -2.17. The molecule has 0 aliphatic heterocycles. The molecule has 0 saturated heterocycles. The normalized spacial score (nSPS) is 11.0. The van der Waals surface area contributed by atoms with Crippen LogP contribution in [0.5, 0.6) is 11.5 Å². The fourth-order valence-corrected chi connectivity index (χ4v) is 4.54. The molecule has 0 bridgehead atoms. The van der Waals surface area contributed by atoms with Gasteiger partial charge in [-0.2, -0.15) is 0 Å². The van der Waals surface area contributed by atoms with Crippen molar-refractivity contribution < 1.29 is 14.3 Å². The highest BCUT2D eigenvalue weighted by Crippen LogP contribution is 2.45. The molecule has 1 amide bonds. The first-order valence-corrected chi connectivity index (χ1v) is 9.49. The van der Waals surface area contributed by atoms with Gasteiger partial charge in [0.2, 0.25) is 0 Å². The number of nitrogens with two attached hydrogens (primary N) is 2. The van der Waals surface area contributed by atoms with Crippen molar-refractivity contribution in [2.75, 3.05) is 20.0 Å². The monoisotopic (exact) mass is 496 g/mol. The van der Waals surface area contributed by atoms with E-state index in [-0.39, 0.29) is 11.4 Å². The van der Waals surface area contributed by atoms with Crippen molar-refractivity contribution in [2.24, 2.45) is 5.73 Å². The van der Waals surface area contributed by atoms with E-state index in [4.69, 9.17) is 20.9 Å². The largest absolute Gasteiger partial charge is 0.495 e. The van der Waals surface area contributed by atoms with Gasteiger partial charge in [-0.05, 0) is 57.3 Å². The number of ether oxygens (including phenoxy) is 2. The van der Waals surface area contributed by atoms with Crippen molar-refractivity contribution in [1.29, 1.82) is 0 Å². The minimum absolute atomic E-state index is 0.187. The second kappa shape index (κ2) is 7.05. The van der Waals surface area contributed by atoms with Crippen LogP contribution in [0.1, 0.15) is 21.6 Å². The molecular formula is C18H18Br2N4O3. The van der Waals surface area contributed by atoms with E-state index < -0.39 is 5.91 Å². The fraction of sp³-hybridized carbons (Fsp3) is 0.222. The number of nitrogens with zero attached hydrogens (tertiary/aromatic N) is 2. The average Bonchev–Trinajstić information content (AvgIpc) is 2.88. The maximum absolute atomic E-state index is 12.1. The molecule has 0 radical (unpaired) electrons. The van der Waals surface area contributed by atoms with Crippen LogP contribution in [0.3, 0.4) is 0 Å². The molecule has 0 aliphatic rings. The highest BCUT2D eigenvalue weighted by molar-refractivity contribution is 9.11. The number of aryl methyl sites for hydroxylation is 2. The van der Waals surface area contributed by atoms with E-state index in [0.29, 0.717) is 37.2 Å². The van der Waals surface area contributed by atoms with Gasteiger partial charge < -0.3 is 20.9 Å². The van der Waals surface area contributed by atoms with Crippen LogP contribution in [0.2, 0.25) is 0 Å². The number of carbonyl (C=O) groups is 1. The molecule has 1 aromatic carbocycles. The summed E-state index contributed by atoms with van der Waals surface area (Å²) in [5, 5.41) is 0.587. The summed E-state index contributed by atoms with van der Waals surface area (Å²) in [7, 11) is 3.10. The van der Waals surface area contributed by atoms with Gasteiger partial charge in [0.15, 0.2) is 0 Å². The fourth-order valence-electron chi connectivity index (χ4n) is 2.97. The van der Waals surface area contributed by atoms with Gasteiger partial charge in [0.05, 0.1) is 34.4 Å². The molecule has 0 saturated carbocycles. The number of hydrogen-bond donors (Lipinski definition) is 2. The highest BCUT2D eigenvalue weighted by atomic mass is 79.9. The zero-order valence-corrected chi connectivity index (χ0v) is 18.4. The molecule has 0 unspecified atom stereocenters. The highest BCUT2D eigenvalue weighted by Gasteiger charge is 2.26. The Morgan fingerprint density at radius 1 is 1.11 bits per heavy atom. The molecule has 3 rings (SSSR count). The second-order valence-corrected chi connectivity index (χ2v) is 7.57. The van der Waals surface area contributed by atoms with Crippen LogP contribution in [-0.4, -0.2) is 29.7 Å². The third-order valence-electron chi connectivity index (χ3n) is 4.44. The average molecular weight is 498 g/mol. The first-order valence-electron chi connectivity index (χ1n) is 7.91. The lowest BCUT2D eigenvalue weighted by Crippen LogP contribution is -2.14. The van der Waals surface area contributed by atoms with Crippen molar-refractivity contribution in [1.82, 2.24) is 9.55 Å². The number of fused-ring (bicyclic) bond motifs is 1.